The van der Waals surface area contributed by atoms with Crippen molar-refractivity contribution in [2.24, 2.45) is 0 Å². The van der Waals surface area contributed by atoms with Gasteiger partial charge in [0.05, 0.1) is 22.1 Å². The molecule has 2 aliphatic rings. The van der Waals surface area contributed by atoms with Crippen molar-refractivity contribution in [3.8, 4) is 45.3 Å². The zero-order valence-corrected chi connectivity index (χ0v) is 35.8. The van der Waals surface area contributed by atoms with E-state index in [0.29, 0.717) is 0 Å². The molecule has 14 rings (SSSR count). The molecule has 0 saturated heterocycles. The maximum Gasteiger partial charge on any atom is 0.250 e. The van der Waals surface area contributed by atoms with Crippen LogP contribution >= 0.6 is 0 Å². The molecule has 0 bridgehead atoms. The number of para-hydroxylation sites is 6. The van der Waals surface area contributed by atoms with Gasteiger partial charge in [0.2, 0.25) is 0 Å². The third kappa shape index (κ3) is 5.61. The fourth-order valence-corrected chi connectivity index (χ4v) is 11.0. The highest BCUT2D eigenvalue weighted by Crippen LogP contribution is 2.38. The van der Waals surface area contributed by atoms with Crippen molar-refractivity contribution in [3.63, 3.8) is 0 Å². The van der Waals surface area contributed by atoms with E-state index in [4.69, 9.17) is 9.47 Å². The number of fused-ring (bicyclic) bond motifs is 10. The molecule has 6 heteroatoms. The molecule has 0 saturated carbocycles. The summed E-state index contributed by atoms with van der Waals surface area (Å²) in [5, 5.41) is 4.88. The van der Waals surface area contributed by atoms with Crippen molar-refractivity contribution in [2.75, 3.05) is 0 Å². The molecule has 0 fully saturated rings. The molecule has 0 N–H and O–H groups in total. The highest BCUT2D eigenvalue weighted by Gasteiger charge is 2.33. The van der Waals surface area contributed by atoms with E-state index in [1.165, 1.54) is 76.6 Å². The van der Waals surface area contributed by atoms with Gasteiger partial charge in [-0.2, -0.15) is 0 Å². The topological polar surface area (TPSA) is 28.3 Å². The minimum absolute atomic E-state index is 0.100. The van der Waals surface area contributed by atoms with Gasteiger partial charge in [-0.1, -0.05) is 181 Å². The number of benzene rings is 10. The van der Waals surface area contributed by atoms with Crippen LogP contribution in [-0.4, -0.2) is 22.8 Å². The van der Waals surface area contributed by atoms with Crippen molar-refractivity contribution >= 4 is 89.8 Å². The molecule has 2 aliphatic heterocycles. The van der Waals surface area contributed by atoms with Gasteiger partial charge in [-0.15, -0.1) is 0 Å². The third-order valence-electron chi connectivity index (χ3n) is 14.0. The predicted octanol–water partition coefficient (Wildman–Crippen LogP) is 10.8. The molecule has 4 nitrogen and oxygen atoms in total. The summed E-state index contributed by atoms with van der Waals surface area (Å²) in [7, 11) is 0. The Labute approximate surface area is 382 Å². The molecule has 0 amide bonds. The largest absolute Gasteiger partial charge is 0.458 e. The fourth-order valence-electron chi connectivity index (χ4n) is 11.0. The van der Waals surface area contributed by atoms with Gasteiger partial charge in [0.25, 0.3) is 13.4 Å². The van der Waals surface area contributed by atoms with Crippen molar-refractivity contribution in [2.45, 2.75) is 0 Å². The van der Waals surface area contributed by atoms with Crippen molar-refractivity contribution < 1.29 is 9.47 Å². The highest BCUT2D eigenvalue weighted by molar-refractivity contribution is 6.97. The maximum absolute atomic E-state index is 6.33. The Balaban J connectivity index is 0.851. The smallest absolute Gasteiger partial charge is 0.250 e. The standard InChI is InChI=1S/C60H38B2N2O2/c1-7-19-53-45(13-1)47-37-41(39-25-31-43(32-26-39)61-49-15-3-9-21-57(49)65-58-22-10-4-16-50(58)61)29-35-55(47)63(53)64-54-20-8-2-14-46(54)48-38-42(30-36-56(48)64)40-27-33-44(34-28-40)62-51-17-5-11-23-59(51)66-60-24-12-6-18-52(60)62/h1-38H. The summed E-state index contributed by atoms with van der Waals surface area (Å²) >= 11 is 0. The molecule has 10 aromatic carbocycles. The molecular formula is C60H38B2N2O2. The van der Waals surface area contributed by atoms with E-state index in [2.05, 4.69) is 216 Å². The van der Waals surface area contributed by atoms with E-state index in [1.54, 1.807) is 0 Å². The molecular weight excluding hydrogens is 802 g/mol. The predicted molar refractivity (Wildman–Crippen MR) is 276 cm³/mol. The lowest BCUT2D eigenvalue weighted by Gasteiger charge is -2.26. The maximum atomic E-state index is 6.33. The number of rotatable bonds is 5. The summed E-state index contributed by atoms with van der Waals surface area (Å²) in [5.74, 6) is 3.69. The molecule has 66 heavy (non-hydrogen) atoms. The van der Waals surface area contributed by atoms with E-state index < -0.39 is 0 Å². The molecule has 0 aliphatic carbocycles. The van der Waals surface area contributed by atoms with Crippen molar-refractivity contribution in [1.82, 2.24) is 9.35 Å². The molecule has 0 radical (unpaired) electrons. The van der Waals surface area contributed by atoms with Crippen LogP contribution in [0, 0.1) is 0 Å². The Bertz CT molecular complexity index is 3560. The van der Waals surface area contributed by atoms with E-state index in [1.807, 2.05) is 24.3 Å². The average Bonchev–Trinajstić information content (AvgIpc) is 3.88. The lowest BCUT2D eigenvalue weighted by molar-refractivity contribution is 0.487. The Kier molecular flexibility index (Phi) is 8.14. The van der Waals surface area contributed by atoms with Crippen LogP contribution in [0.4, 0.5) is 0 Å². The quantitative estimate of drug-likeness (QED) is 0.162. The first-order valence-electron chi connectivity index (χ1n) is 22.7. The molecule has 12 aromatic rings. The summed E-state index contributed by atoms with van der Waals surface area (Å²) < 4.78 is 17.5. The first kappa shape index (κ1) is 37.0. The number of hydrogen-bond acceptors (Lipinski definition) is 2. The van der Waals surface area contributed by atoms with E-state index in [-0.39, 0.29) is 13.4 Å². The number of nitrogens with zero attached hydrogens (tertiary/aromatic N) is 2. The van der Waals surface area contributed by atoms with Gasteiger partial charge >= 0.3 is 0 Å². The van der Waals surface area contributed by atoms with Crippen LogP contribution in [0.3, 0.4) is 0 Å². The second-order valence-corrected chi connectivity index (χ2v) is 17.6. The van der Waals surface area contributed by atoms with Gasteiger partial charge < -0.3 is 9.47 Å². The lowest BCUT2D eigenvalue weighted by atomic mass is 9.36. The van der Waals surface area contributed by atoms with Gasteiger partial charge in [0.1, 0.15) is 23.0 Å². The van der Waals surface area contributed by atoms with E-state index in [0.717, 1.165) is 45.1 Å². The monoisotopic (exact) mass is 840 g/mol. The van der Waals surface area contributed by atoms with Crippen LogP contribution in [0.1, 0.15) is 0 Å². The van der Waals surface area contributed by atoms with Gasteiger partial charge in [-0.05, 0) is 105 Å². The van der Waals surface area contributed by atoms with E-state index >= 15 is 0 Å². The first-order chi connectivity index (χ1) is 32.7. The first-order valence-corrected chi connectivity index (χ1v) is 22.7. The normalized spacial score (nSPS) is 12.7. The third-order valence-corrected chi connectivity index (χ3v) is 14.0. The van der Waals surface area contributed by atoms with Crippen LogP contribution in [0.15, 0.2) is 231 Å². The number of aromatic nitrogens is 2. The van der Waals surface area contributed by atoms with Crippen LogP contribution in [0.25, 0.3) is 65.9 Å². The van der Waals surface area contributed by atoms with Gasteiger partial charge in [0.15, 0.2) is 0 Å². The lowest BCUT2D eigenvalue weighted by Crippen LogP contribution is -2.54. The summed E-state index contributed by atoms with van der Waals surface area (Å²) in [6, 6.07) is 83.4. The highest BCUT2D eigenvalue weighted by atomic mass is 16.5. The molecule has 0 unspecified atom stereocenters. The van der Waals surface area contributed by atoms with Crippen molar-refractivity contribution in [1.29, 1.82) is 0 Å². The van der Waals surface area contributed by atoms with Gasteiger partial charge in [0, 0.05) is 21.5 Å². The minimum atomic E-state index is 0.100. The summed E-state index contributed by atoms with van der Waals surface area (Å²) in [5.41, 5.74) is 16.7. The molecule has 306 valence electrons. The Morgan fingerprint density at radius 3 is 0.939 bits per heavy atom. The average molecular weight is 841 g/mol. The Morgan fingerprint density at radius 1 is 0.258 bits per heavy atom. The zero-order valence-electron chi connectivity index (χ0n) is 35.8. The van der Waals surface area contributed by atoms with Crippen LogP contribution in [-0.2, 0) is 0 Å². The minimum Gasteiger partial charge on any atom is -0.458 e. The van der Waals surface area contributed by atoms with Gasteiger partial charge in [-0.25, -0.2) is 9.35 Å². The SMILES string of the molecule is c1ccc2c(c1)Oc1ccccc1B2c1ccc(-c2ccc3c(c2)c2ccccc2n3-n2c3ccccc3c3cc(-c4ccc(B5c6ccccc6Oc6ccccc65)cc4)ccc32)cc1. The summed E-state index contributed by atoms with van der Waals surface area (Å²) in [6.45, 7) is 0.200. The Hall–Kier alpha value is -8.47. The van der Waals surface area contributed by atoms with Gasteiger partial charge in [-0.3, -0.25) is 0 Å². The Morgan fingerprint density at radius 2 is 0.561 bits per heavy atom. The zero-order chi connectivity index (χ0) is 43.3. The number of ether oxygens (including phenoxy) is 2. The molecule has 0 atom stereocenters. The van der Waals surface area contributed by atoms with Crippen LogP contribution in [0.5, 0.6) is 23.0 Å². The molecule has 0 spiro atoms. The van der Waals surface area contributed by atoms with Crippen LogP contribution in [0.2, 0.25) is 0 Å². The summed E-state index contributed by atoms with van der Waals surface area (Å²) in [6.07, 6.45) is 0. The molecule has 4 heterocycles. The second-order valence-electron chi connectivity index (χ2n) is 17.6. The number of hydrogen-bond donors (Lipinski definition) is 0. The fraction of sp³-hybridized carbons (Fsp3) is 0. The molecule has 2 aromatic heterocycles. The van der Waals surface area contributed by atoms with Crippen molar-refractivity contribution in [3.05, 3.63) is 231 Å². The second kappa shape index (κ2) is 14.5. The summed E-state index contributed by atoms with van der Waals surface area (Å²) in [4.78, 5) is 0. The van der Waals surface area contributed by atoms with E-state index in [9.17, 15) is 0 Å². The van der Waals surface area contributed by atoms with Crippen LogP contribution < -0.4 is 42.3 Å².